The fourth-order valence-electron chi connectivity index (χ4n) is 3.30. The Morgan fingerprint density at radius 2 is 2.14 bits per heavy atom. The minimum atomic E-state index is -0.540. The molecule has 2 heterocycles. The number of benzene rings is 1. The number of rotatable bonds is 5. The van der Waals surface area contributed by atoms with E-state index in [1.54, 1.807) is 13.1 Å². The predicted molar refractivity (Wildman–Crippen MR) is 110 cm³/mol. The van der Waals surface area contributed by atoms with Gasteiger partial charge in [0.1, 0.15) is 23.3 Å². The molecule has 1 unspecified atom stereocenters. The molecule has 1 aliphatic heterocycles. The Balaban J connectivity index is 2.10. The minimum Gasteiger partial charge on any atom is -0.377 e. The minimum absolute atomic E-state index is 0.0624. The third-order valence-corrected chi connectivity index (χ3v) is 5.61. The Hall–Kier alpha value is -2.37. The first-order valence-electron chi connectivity index (χ1n) is 9.17. The van der Waals surface area contributed by atoms with Crippen molar-refractivity contribution < 1.29 is 9.13 Å². The summed E-state index contributed by atoms with van der Waals surface area (Å²) in [6.07, 6.45) is 1.82. The van der Waals surface area contributed by atoms with Crippen LogP contribution in [0.25, 0.3) is 11.3 Å². The SMILES string of the molecule is CNc1nc(-c2cc(F)c(C#N)c(SC)c2)cc(N2CCOCC2C(C)C)n1. The Morgan fingerprint density at radius 1 is 1.36 bits per heavy atom. The van der Waals surface area contributed by atoms with Gasteiger partial charge in [0, 0.05) is 30.1 Å². The molecule has 0 radical (unpaired) electrons. The molecular weight excluding hydrogens is 377 g/mol. The maximum atomic E-state index is 14.5. The summed E-state index contributed by atoms with van der Waals surface area (Å²) in [5, 5.41) is 12.2. The zero-order valence-electron chi connectivity index (χ0n) is 16.5. The Kier molecular flexibility index (Phi) is 6.37. The lowest BCUT2D eigenvalue weighted by molar-refractivity contribution is 0.0802. The molecule has 0 amide bonds. The van der Waals surface area contributed by atoms with Gasteiger partial charge in [0.05, 0.1) is 24.9 Å². The van der Waals surface area contributed by atoms with E-state index in [0.717, 1.165) is 12.4 Å². The highest BCUT2D eigenvalue weighted by atomic mass is 32.2. The molecule has 0 spiro atoms. The number of thioether (sulfide) groups is 1. The average Bonchev–Trinajstić information content (AvgIpc) is 2.72. The van der Waals surface area contributed by atoms with E-state index < -0.39 is 5.82 Å². The van der Waals surface area contributed by atoms with Crippen molar-refractivity contribution in [2.24, 2.45) is 5.92 Å². The number of nitriles is 1. The number of ether oxygens (including phenoxy) is 1. The Labute approximate surface area is 169 Å². The van der Waals surface area contributed by atoms with Crippen LogP contribution in [-0.4, -0.2) is 49.1 Å². The van der Waals surface area contributed by atoms with Gasteiger partial charge in [-0.15, -0.1) is 11.8 Å². The molecule has 0 bridgehead atoms. The van der Waals surface area contributed by atoms with Crippen molar-refractivity contribution in [3.63, 3.8) is 0 Å². The topological polar surface area (TPSA) is 74.1 Å². The third kappa shape index (κ3) is 4.05. The Bertz CT molecular complexity index is 899. The molecule has 0 saturated carbocycles. The number of hydrogen-bond donors (Lipinski definition) is 1. The number of nitrogens with zero attached hydrogens (tertiary/aromatic N) is 4. The molecule has 28 heavy (non-hydrogen) atoms. The van der Waals surface area contributed by atoms with Crippen molar-refractivity contribution in [1.29, 1.82) is 5.26 Å². The lowest BCUT2D eigenvalue weighted by Crippen LogP contribution is -2.48. The highest BCUT2D eigenvalue weighted by Gasteiger charge is 2.28. The number of halogens is 1. The van der Waals surface area contributed by atoms with Crippen molar-refractivity contribution in [1.82, 2.24) is 9.97 Å². The standard InChI is InChI=1S/C20H24FN5OS/c1-12(2)17-11-27-6-5-26(17)19-9-16(24-20(23-3)25-19)13-7-15(21)14(10-22)18(8-13)28-4/h7-9,12,17H,5-6,11H2,1-4H3,(H,23,24,25). The highest BCUT2D eigenvalue weighted by Crippen LogP contribution is 2.32. The molecule has 1 aromatic carbocycles. The summed E-state index contributed by atoms with van der Waals surface area (Å²) in [6, 6.07) is 7.19. The monoisotopic (exact) mass is 401 g/mol. The first kappa shape index (κ1) is 20.4. The fourth-order valence-corrected chi connectivity index (χ4v) is 3.89. The molecule has 1 saturated heterocycles. The zero-order valence-corrected chi connectivity index (χ0v) is 17.3. The first-order chi connectivity index (χ1) is 13.5. The second-order valence-corrected chi connectivity index (χ2v) is 7.76. The van der Waals surface area contributed by atoms with Gasteiger partial charge in [0.25, 0.3) is 0 Å². The number of hydrogen-bond acceptors (Lipinski definition) is 7. The van der Waals surface area contributed by atoms with E-state index in [2.05, 4.69) is 34.0 Å². The van der Waals surface area contributed by atoms with E-state index >= 15 is 0 Å². The van der Waals surface area contributed by atoms with Crippen LogP contribution < -0.4 is 10.2 Å². The van der Waals surface area contributed by atoms with Crippen LogP contribution in [0.4, 0.5) is 16.2 Å². The van der Waals surface area contributed by atoms with E-state index in [1.807, 2.05) is 18.4 Å². The molecule has 148 valence electrons. The van der Waals surface area contributed by atoms with Gasteiger partial charge >= 0.3 is 0 Å². The summed E-state index contributed by atoms with van der Waals surface area (Å²) >= 11 is 1.34. The van der Waals surface area contributed by atoms with Crippen LogP contribution in [0.15, 0.2) is 23.1 Å². The van der Waals surface area contributed by atoms with E-state index in [0.29, 0.717) is 41.2 Å². The molecule has 1 fully saturated rings. The van der Waals surface area contributed by atoms with Crippen LogP contribution >= 0.6 is 11.8 Å². The van der Waals surface area contributed by atoms with Crippen LogP contribution in [0.5, 0.6) is 0 Å². The van der Waals surface area contributed by atoms with Crippen molar-refractivity contribution >= 4 is 23.5 Å². The summed E-state index contributed by atoms with van der Waals surface area (Å²) in [5.74, 6) is 1.11. The lowest BCUT2D eigenvalue weighted by atomic mass is 10.0. The first-order valence-corrected chi connectivity index (χ1v) is 10.4. The predicted octanol–water partition coefficient (Wildman–Crippen LogP) is 3.78. The smallest absolute Gasteiger partial charge is 0.224 e. The fraction of sp³-hybridized carbons (Fsp3) is 0.450. The second-order valence-electron chi connectivity index (χ2n) is 6.91. The molecular formula is C20H24FN5OS. The molecule has 8 heteroatoms. The lowest BCUT2D eigenvalue weighted by Gasteiger charge is -2.39. The highest BCUT2D eigenvalue weighted by molar-refractivity contribution is 7.98. The van der Waals surface area contributed by atoms with Crippen molar-refractivity contribution in [3.05, 3.63) is 29.6 Å². The van der Waals surface area contributed by atoms with Gasteiger partial charge in [0.15, 0.2) is 0 Å². The van der Waals surface area contributed by atoms with Crippen LogP contribution in [0.2, 0.25) is 0 Å². The van der Waals surface area contributed by atoms with Gasteiger partial charge in [-0.25, -0.2) is 9.37 Å². The zero-order chi connectivity index (χ0) is 20.3. The summed E-state index contributed by atoms with van der Waals surface area (Å²) in [5.41, 5.74) is 1.30. The van der Waals surface area contributed by atoms with Crippen LogP contribution in [-0.2, 0) is 4.74 Å². The molecule has 1 N–H and O–H groups in total. The molecule has 1 aliphatic rings. The number of aromatic nitrogens is 2. The van der Waals surface area contributed by atoms with Crippen molar-refractivity contribution in [2.75, 3.05) is 43.3 Å². The number of nitrogens with one attached hydrogen (secondary N) is 1. The Morgan fingerprint density at radius 3 is 2.79 bits per heavy atom. The number of anilines is 2. The van der Waals surface area contributed by atoms with Crippen molar-refractivity contribution in [3.8, 4) is 17.3 Å². The largest absolute Gasteiger partial charge is 0.377 e. The molecule has 1 aromatic heterocycles. The molecule has 0 aliphatic carbocycles. The van der Waals surface area contributed by atoms with E-state index in [1.165, 1.54) is 17.8 Å². The maximum absolute atomic E-state index is 14.5. The molecule has 2 aromatic rings. The van der Waals surface area contributed by atoms with Gasteiger partial charge < -0.3 is 15.0 Å². The van der Waals surface area contributed by atoms with Crippen LogP contribution in [0.3, 0.4) is 0 Å². The third-order valence-electron chi connectivity index (χ3n) is 4.85. The van der Waals surface area contributed by atoms with E-state index in [-0.39, 0.29) is 11.6 Å². The van der Waals surface area contributed by atoms with Gasteiger partial charge in [-0.3, -0.25) is 0 Å². The molecule has 6 nitrogen and oxygen atoms in total. The van der Waals surface area contributed by atoms with Gasteiger partial charge in [-0.05, 0) is 24.3 Å². The van der Waals surface area contributed by atoms with E-state index in [9.17, 15) is 9.65 Å². The summed E-state index contributed by atoms with van der Waals surface area (Å²) < 4.78 is 20.1. The summed E-state index contributed by atoms with van der Waals surface area (Å²) in [7, 11) is 1.76. The summed E-state index contributed by atoms with van der Waals surface area (Å²) in [6.45, 7) is 6.34. The van der Waals surface area contributed by atoms with Gasteiger partial charge in [0.2, 0.25) is 5.95 Å². The van der Waals surface area contributed by atoms with Crippen molar-refractivity contribution in [2.45, 2.75) is 24.8 Å². The maximum Gasteiger partial charge on any atom is 0.224 e. The second kappa shape index (κ2) is 8.76. The molecule has 1 atom stereocenters. The van der Waals surface area contributed by atoms with Crippen LogP contribution in [0.1, 0.15) is 19.4 Å². The number of morpholine rings is 1. The van der Waals surface area contributed by atoms with E-state index in [4.69, 9.17) is 4.74 Å². The van der Waals surface area contributed by atoms with Gasteiger partial charge in [-0.1, -0.05) is 13.8 Å². The summed E-state index contributed by atoms with van der Waals surface area (Å²) in [4.78, 5) is 12.0. The average molecular weight is 402 g/mol. The normalized spacial score (nSPS) is 16.9. The van der Waals surface area contributed by atoms with Crippen LogP contribution in [0, 0.1) is 23.1 Å². The molecule has 3 rings (SSSR count). The van der Waals surface area contributed by atoms with Gasteiger partial charge in [-0.2, -0.15) is 10.2 Å². The quantitative estimate of drug-likeness (QED) is 0.764.